The molecule has 0 unspecified atom stereocenters. The van der Waals surface area contributed by atoms with Gasteiger partial charge in [0.25, 0.3) is 0 Å². The van der Waals surface area contributed by atoms with E-state index in [9.17, 15) is 0 Å². The highest BCUT2D eigenvalue weighted by Gasteiger charge is 2.28. The largest absolute Gasteiger partial charge is 0.488 e. The third-order valence-electron chi connectivity index (χ3n) is 4.53. The van der Waals surface area contributed by atoms with Crippen molar-refractivity contribution >= 4 is 0 Å². The molecule has 0 fully saturated rings. The van der Waals surface area contributed by atoms with E-state index in [1.807, 2.05) is 0 Å². The van der Waals surface area contributed by atoms with Crippen LogP contribution in [0.15, 0.2) is 0 Å². The van der Waals surface area contributed by atoms with Gasteiger partial charge in [-0.1, -0.05) is 48.5 Å². The van der Waals surface area contributed by atoms with Gasteiger partial charge in [-0.25, -0.2) is 0 Å². The van der Waals surface area contributed by atoms with Crippen LogP contribution in [0.3, 0.4) is 0 Å². The second-order valence-corrected chi connectivity index (χ2v) is 11.1. The molecule has 0 aliphatic rings. The summed E-state index contributed by atoms with van der Waals surface area (Å²) < 4.78 is 6.62. The van der Waals surface area contributed by atoms with Crippen molar-refractivity contribution < 1.29 is 4.74 Å². The quantitative estimate of drug-likeness (QED) is 0.559. The van der Waals surface area contributed by atoms with Gasteiger partial charge in [-0.2, -0.15) is 0 Å². The highest BCUT2D eigenvalue weighted by molar-refractivity contribution is 5.56. The molecule has 0 aromatic heterocycles. The lowest BCUT2D eigenvalue weighted by atomic mass is 9.78. The Kier molecular flexibility index (Phi) is 6.47. The highest BCUT2D eigenvalue weighted by atomic mass is 16.5. The van der Waals surface area contributed by atoms with Crippen molar-refractivity contribution in [2.45, 2.75) is 108 Å². The molecule has 0 saturated carbocycles. The smallest absolute Gasteiger partial charge is 0.127 e. The van der Waals surface area contributed by atoms with E-state index in [-0.39, 0.29) is 16.4 Å². The Morgan fingerprint density at radius 3 is 1.24 bits per heavy atom. The van der Waals surface area contributed by atoms with Crippen molar-refractivity contribution in [1.82, 2.24) is 0 Å². The molecule has 144 valence electrons. The summed E-state index contributed by atoms with van der Waals surface area (Å²) in [4.78, 5) is 0. The number of hydrogen-bond donors (Lipinski definition) is 0. The summed E-state index contributed by atoms with van der Waals surface area (Å²) in [5.41, 5.74) is 7.51. The molecule has 0 heterocycles. The monoisotopic (exact) mass is 346 g/mol. The minimum Gasteiger partial charge on any atom is -0.488 e. The van der Waals surface area contributed by atoms with Crippen molar-refractivity contribution in [3.8, 4) is 5.75 Å². The van der Waals surface area contributed by atoms with E-state index < -0.39 is 0 Å². The fraction of sp³-hybridized carbons (Fsp3) is 0.750. The zero-order chi connectivity index (χ0) is 19.8. The van der Waals surface area contributed by atoms with Crippen LogP contribution < -0.4 is 4.74 Å². The Balaban J connectivity index is 3.79. The minimum atomic E-state index is -0.189. The predicted octanol–water partition coefficient (Wildman–Crippen LogP) is 7.22. The first-order valence-electron chi connectivity index (χ1n) is 9.88. The predicted molar refractivity (Wildman–Crippen MR) is 112 cm³/mol. The van der Waals surface area contributed by atoms with Crippen molar-refractivity contribution in [1.29, 1.82) is 0 Å². The molecule has 0 saturated heterocycles. The van der Waals surface area contributed by atoms with Crippen molar-refractivity contribution in [2.24, 2.45) is 10.8 Å². The van der Waals surface area contributed by atoms with Crippen molar-refractivity contribution in [2.75, 3.05) is 0 Å². The van der Waals surface area contributed by atoms with Gasteiger partial charge in [-0.3, -0.25) is 0 Å². The summed E-state index contributed by atoms with van der Waals surface area (Å²) in [6.45, 7) is 27.3. The van der Waals surface area contributed by atoms with E-state index in [0.717, 1.165) is 25.0 Å². The summed E-state index contributed by atoms with van der Waals surface area (Å²) in [7, 11) is 0. The third kappa shape index (κ3) is 6.35. The molecule has 0 atom stereocenters. The molecule has 0 spiro atoms. The van der Waals surface area contributed by atoms with Gasteiger partial charge in [-0.15, -0.1) is 0 Å². The Bertz CT molecular complexity index is 558. The maximum absolute atomic E-state index is 6.62. The first kappa shape index (κ1) is 22.1. The Labute approximate surface area is 157 Å². The molecule has 0 bridgehead atoms. The SMILES string of the molecule is CCc1c(C)c(CC(C)(C)C)c(OC(C)(C)C)c(CC(C)(C)C)c1C. The standard InChI is InChI=1S/C24H42O/c1-13-18-16(2)19(14-22(4,5)6)21(25-24(10,11)12)20(17(18)3)15-23(7,8)9/h13-15H2,1-12H3. The lowest BCUT2D eigenvalue weighted by molar-refractivity contribution is 0.125. The number of rotatable bonds is 4. The van der Waals surface area contributed by atoms with Gasteiger partial charge in [0.1, 0.15) is 11.4 Å². The van der Waals surface area contributed by atoms with Gasteiger partial charge in [0.05, 0.1) is 0 Å². The average Bonchev–Trinajstić information content (AvgIpc) is 2.36. The van der Waals surface area contributed by atoms with E-state index in [4.69, 9.17) is 4.74 Å². The molecule has 1 aromatic rings. The van der Waals surface area contributed by atoms with Gasteiger partial charge >= 0.3 is 0 Å². The summed E-state index contributed by atoms with van der Waals surface area (Å²) >= 11 is 0. The molecule has 1 aromatic carbocycles. The summed E-state index contributed by atoms with van der Waals surface area (Å²) in [5.74, 6) is 1.16. The van der Waals surface area contributed by atoms with Crippen molar-refractivity contribution in [3.05, 3.63) is 27.8 Å². The number of hydrogen-bond acceptors (Lipinski definition) is 1. The van der Waals surface area contributed by atoms with Crippen LogP contribution in [0.2, 0.25) is 0 Å². The van der Waals surface area contributed by atoms with Crippen LogP contribution >= 0.6 is 0 Å². The molecule has 1 nitrogen and oxygen atoms in total. The van der Waals surface area contributed by atoms with Gasteiger partial charge < -0.3 is 4.74 Å². The summed E-state index contributed by atoms with van der Waals surface area (Å²) in [5, 5.41) is 0. The van der Waals surface area contributed by atoms with E-state index >= 15 is 0 Å². The van der Waals surface area contributed by atoms with Crippen LogP contribution in [0.4, 0.5) is 0 Å². The van der Waals surface area contributed by atoms with Crippen LogP contribution in [0.1, 0.15) is 97.1 Å². The minimum absolute atomic E-state index is 0.189. The van der Waals surface area contributed by atoms with E-state index in [0.29, 0.717) is 0 Å². The van der Waals surface area contributed by atoms with Crippen LogP contribution in [-0.4, -0.2) is 5.60 Å². The first-order valence-corrected chi connectivity index (χ1v) is 9.88. The van der Waals surface area contributed by atoms with Gasteiger partial charge in [-0.05, 0) is 92.5 Å². The topological polar surface area (TPSA) is 9.23 Å². The molecule has 0 aliphatic heterocycles. The fourth-order valence-corrected chi connectivity index (χ4v) is 3.61. The Hall–Kier alpha value is -0.980. The number of benzene rings is 1. The second kappa shape index (κ2) is 7.33. The molecule has 0 aliphatic carbocycles. The lowest BCUT2D eigenvalue weighted by Gasteiger charge is -2.33. The van der Waals surface area contributed by atoms with E-state index in [1.165, 1.54) is 27.8 Å². The molecular weight excluding hydrogens is 304 g/mol. The zero-order valence-electron chi connectivity index (χ0n) is 19.0. The molecule has 0 amide bonds. The summed E-state index contributed by atoms with van der Waals surface area (Å²) in [6, 6.07) is 0. The maximum atomic E-state index is 6.62. The van der Waals surface area contributed by atoms with Gasteiger partial charge in [0.2, 0.25) is 0 Å². The molecule has 0 radical (unpaired) electrons. The zero-order valence-corrected chi connectivity index (χ0v) is 19.0. The average molecular weight is 347 g/mol. The van der Waals surface area contributed by atoms with E-state index in [1.54, 1.807) is 0 Å². The summed E-state index contributed by atoms with van der Waals surface area (Å²) in [6.07, 6.45) is 3.19. The van der Waals surface area contributed by atoms with Crippen LogP contribution in [-0.2, 0) is 19.3 Å². The van der Waals surface area contributed by atoms with Crippen molar-refractivity contribution in [3.63, 3.8) is 0 Å². The second-order valence-electron chi connectivity index (χ2n) is 11.1. The number of ether oxygens (including phenoxy) is 1. The maximum Gasteiger partial charge on any atom is 0.127 e. The third-order valence-corrected chi connectivity index (χ3v) is 4.53. The first-order chi connectivity index (χ1) is 11.1. The molecule has 1 heteroatoms. The molecular formula is C24H42O. The molecule has 25 heavy (non-hydrogen) atoms. The molecule has 1 rings (SSSR count). The Morgan fingerprint density at radius 2 is 1.00 bits per heavy atom. The van der Waals surface area contributed by atoms with E-state index in [2.05, 4.69) is 83.1 Å². The normalized spacial score (nSPS) is 13.3. The Morgan fingerprint density at radius 1 is 0.640 bits per heavy atom. The fourth-order valence-electron chi connectivity index (χ4n) is 3.61. The highest BCUT2D eigenvalue weighted by Crippen LogP contribution is 2.41. The van der Waals surface area contributed by atoms with Crippen LogP contribution in [0, 0.1) is 24.7 Å². The lowest BCUT2D eigenvalue weighted by Crippen LogP contribution is -2.27. The van der Waals surface area contributed by atoms with Crippen LogP contribution in [0.5, 0.6) is 5.75 Å². The van der Waals surface area contributed by atoms with Gasteiger partial charge in [0.15, 0.2) is 0 Å². The van der Waals surface area contributed by atoms with Gasteiger partial charge in [0, 0.05) is 0 Å². The van der Waals surface area contributed by atoms with Crippen LogP contribution in [0.25, 0.3) is 0 Å². The molecule has 0 N–H and O–H groups in total.